The summed E-state index contributed by atoms with van der Waals surface area (Å²) in [5.41, 5.74) is 5.71. The molecule has 1 saturated heterocycles. The zero-order chi connectivity index (χ0) is 29.0. The lowest BCUT2D eigenvalue weighted by atomic mass is 10.0. The van der Waals surface area contributed by atoms with Crippen molar-refractivity contribution in [1.29, 1.82) is 0 Å². The highest BCUT2D eigenvalue weighted by Crippen LogP contribution is 2.24. The SMILES string of the molecule is Cc1cn(-c2cc(CN3CC[C@H](NC(=O)OC(C)(C)C)C3)cc(NC(=O)c3cccc(-c4ccccc4)c3)c2)cn1. The number of alkyl carbamates (subject to hydrolysis) is 1. The highest BCUT2D eigenvalue weighted by atomic mass is 16.6. The van der Waals surface area contributed by atoms with E-state index in [1.165, 1.54) is 0 Å². The second-order valence-corrected chi connectivity index (χ2v) is 11.6. The number of carbonyl (C=O) groups is 2. The molecule has 41 heavy (non-hydrogen) atoms. The number of anilines is 1. The van der Waals surface area contributed by atoms with E-state index in [-0.39, 0.29) is 18.0 Å². The molecule has 0 radical (unpaired) electrons. The molecule has 3 aromatic carbocycles. The molecule has 2 N–H and O–H groups in total. The van der Waals surface area contributed by atoms with Crippen LogP contribution in [0.15, 0.2) is 85.3 Å². The van der Waals surface area contributed by atoms with Gasteiger partial charge in [-0.05, 0) is 81.1 Å². The standard InChI is InChI=1S/C33H37N5O3/c1-23-19-38(22-34-23)30-16-24(20-37-14-13-28(21-37)36-32(40)41-33(2,3)4)15-29(18-30)35-31(39)27-12-8-11-26(17-27)25-9-6-5-7-10-25/h5-12,15-19,22,28H,13-14,20-21H2,1-4H3,(H,35,39)(H,36,40)/t28-/m0/s1. The second kappa shape index (κ2) is 12.0. The summed E-state index contributed by atoms with van der Waals surface area (Å²) >= 11 is 0. The first-order valence-electron chi connectivity index (χ1n) is 13.9. The molecule has 212 valence electrons. The normalized spacial score (nSPS) is 15.5. The minimum Gasteiger partial charge on any atom is -0.444 e. The van der Waals surface area contributed by atoms with Crippen LogP contribution >= 0.6 is 0 Å². The van der Waals surface area contributed by atoms with Crippen LogP contribution in [0.3, 0.4) is 0 Å². The maximum atomic E-state index is 13.4. The summed E-state index contributed by atoms with van der Waals surface area (Å²) in [5, 5.41) is 6.10. The van der Waals surface area contributed by atoms with Crippen molar-refractivity contribution in [3.63, 3.8) is 0 Å². The molecule has 1 atom stereocenters. The Morgan fingerprint density at radius 3 is 2.51 bits per heavy atom. The minimum atomic E-state index is -0.530. The van der Waals surface area contributed by atoms with E-state index in [2.05, 4.69) is 26.6 Å². The Kier molecular flexibility index (Phi) is 8.21. The van der Waals surface area contributed by atoms with E-state index in [0.717, 1.165) is 47.6 Å². The fourth-order valence-corrected chi connectivity index (χ4v) is 5.05. The van der Waals surface area contributed by atoms with E-state index < -0.39 is 5.60 Å². The van der Waals surface area contributed by atoms with Crippen molar-refractivity contribution in [3.05, 3.63) is 102 Å². The molecule has 0 spiro atoms. The van der Waals surface area contributed by atoms with Gasteiger partial charge in [-0.2, -0.15) is 0 Å². The number of hydrogen-bond donors (Lipinski definition) is 2. The van der Waals surface area contributed by atoms with Crippen molar-refractivity contribution >= 4 is 17.7 Å². The zero-order valence-corrected chi connectivity index (χ0v) is 24.1. The number of aromatic nitrogens is 2. The predicted octanol–water partition coefficient (Wildman–Crippen LogP) is 6.20. The topological polar surface area (TPSA) is 88.5 Å². The van der Waals surface area contributed by atoms with E-state index in [4.69, 9.17) is 4.74 Å². The highest BCUT2D eigenvalue weighted by molar-refractivity contribution is 6.05. The Balaban J connectivity index is 1.32. The van der Waals surface area contributed by atoms with Gasteiger partial charge in [-0.3, -0.25) is 9.69 Å². The number of likely N-dealkylation sites (tertiary alicyclic amines) is 1. The van der Waals surface area contributed by atoms with Crippen molar-refractivity contribution in [1.82, 2.24) is 19.8 Å². The van der Waals surface area contributed by atoms with Gasteiger partial charge in [-0.25, -0.2) is 9.78 Å². The number of hydrogen-bond acceptors (Lipinski definition) is 5. The molecule has 1 aromatic heterocycles. The van der Waals surface area contributed by atoms with E-state index in [9.17, 15) is 9.59 Å². The maximum absolute atomic E-state index is 13.4. The molecule has 0 unspecified atom stereocenters. The largest absolute Gasteiger partial charge is 0.444 e. The van der Waals surface area contributed by atoms with Crippen LogP contribution in [-0.2, 0) is 11.3 Å². The molecule has 1 fully saturated rings. The van der Waals surface area contributed by atoms with Crippen molar-refractivity contribution in [2.45, 2.75) is 52.3 Å². The summed E-state index contributed by atoms with van der Waals surface area (Å²) in [6, 6.07) is 23.8. The number of benzene rings is 3. The number of nitrogens with one attached hydrogen (secondary N) is 2. The lowest BCUT2D eigenvalue weighted by Gasteiger charge is -2.22. The molecule has 2 amide bonds. The first-order valence-corrected chi connectivity index (χ1v) is 13.9. The van der Waals surface area contributed by atoms with Gasteiger partial charge in [0.15, 0.2) is 0 Å². The van der Waals surface area contributed by atoms with Crippen LogP contribution < -0.4 is 10.6 Å². The van der Waals surface area contributed by atoms with Crippen LogP contribution in [0.2, 0.25) is 0 Å². The Bertz CT molecular complexity index is 1520. The molecule has 0 aliphatic carbocycles. The van der Waals surface area contributed by atoms with Crippen molar-refractivity contribution in [3.8, 4) is 16.8 Å². The smallest absolute Gasteiger partial charge is 0.407 e. The van der Waals surface area contributed by atoms with E-state index in [1.54, 1.807) is 6.33 Å². The van der Waals surface area contributed by atoms with Gasteiger partial charge in [-0.15, -0.1) is 0 Å². The first-order chi connectivity index (χ1) is 19.6. The van der Waals surface area contributed by atoms with Gasteiger partial charge in [0, 0.05) is 48.8 Å². The van der Waals surface area contributed by atoms with Gasteiger partial charge in [-0.1, -0.05) is 42.5 Å². The lowest BCUT2D eigenvalue weighted by Crippen LogP contribution is -2.40. The fraction of sp³-hybridized carbons (Fsp3) is 0.303. The Morgan fingerprint density at radius 2 is 1.78 bits per heavy atom. The Hall–Kier alpha value is -4.43. The van der Waals surface area contributed by atoms with Gasteiger partial charge < -0.3 is 19.9 Å². The van der Waals surface area contributed by atoms with Gasteiger partial charge in [0.2, 0.25) is 0 Å². The number of rotatable bonds is 7. The molecule has 0 bridgehead atoms. The van der Waals surface area contributed by atoms with Crippen LogP contribution in [0.5, 0.6) is 0 Å². The number of aryl methyl sites for hydroxylation is 1. The van der Waals surface area contributed by atoms with Crippen LogP contribution in [0.4, 0.5) is 10.5 Å². The average Bonchev–Trinajstić information content (AvgIpc) is 3.56. The van der Waals surface area contributed by atoms with E-state index in [1.807, 2.05) is 105 Å². The van der Waals surface area contributed by atoms with Crippen molar-refractivity contribution in [2.75, 3.05) is 18.4 Å². The van der Waals surface area contributed by atoms with Crippen LogP contribution in [0.25, 0.3) is 16.8 Å². The molecular weight excluding hydrogens is 514 g/mol. The monoisotopic (exact) mass is 551 g/mol. The molecular formula is C33H37N5O3. The third kappa shape index (κ3) is 7.61. The minimum absolute atomic E-state index is 0.0281. The molecule has 2 heterocycles. The predicted molar refractivity (Wildman–Crippen MR) is 161 cm³/mol. The summed E-state index contributed by atoms with van der Waals surface area (Å²) in [7, 11) is 0. The van der Waals surface area contributed by atoms with Gasteiger partial charge in [0.05, 0.1) is 12.0 Å². The molecule has 1 aliphatic heterocycles. The van der Waals surface area contributed by atoms with Crippen LogP contribution in [0, 0.1) is 6.92 Å². The van der Waals surface area contributed by atoms with E-state index in [0.29, 0.717) is 17.8 Å². The van der Waals surface area contributed by atoms with Crippen molar-refractivity contribution in [2.24, 2.45) is 0 Å². The number of nitrogens with zero attached hydrogens (tertiary/aromatic N) is 3. The molecule has 8 heteroatoms. The summed E-state index contributed by atoms with van der Waals surface area (Å²) in [5.74, 6) is -0.171. The number of ether oxygens (including phenoxy) is 1. The summed E-state index contributed by atoms with van der Waals surface area (Å²) in [6.45, 7) is 9.78. The summed E-state index contributed by atoms with van der Waals surface area (Å²) < 4.78 is 7.38. The molecule has 4 aromatic rings. The maximum Gasteiger partial charge on any atom is 0.407 e. The van der Waals surface area contributed by atoms with Gasteiger partial charge in [0.25, 0.3) is 5.91 Å². The Labute approximate surface area is 241 Å². The van der Waals surface area contributed by atoms with Crippen LogP contribution in [-0.4, -0.2) is 51.2 Å². The first kappa shape index (κ1) is 28.1. The molecule has 0 saturated carbocycles. The quantitative estimate of drug-likeness (QED) is 0.286. The number of carbonyl (C=O) groups excluding carboxylic acids is 2. The number of imidazole rings is 1. The van der Waals surface area contributed by atoms with E-state index >= 15 is 0 Å². The Morgan fingerprint density at radius 1 is 1.00 bits per heavy atom. The summed E-state index contributed by atoms with van der Waals surface area (Å²) in [4.78, 5) is 32.3. The van der Waals surface area contributed by atoms with Crippen molar-refractivity contribution < 1.29 is 14.3 Å². The zero-order valence-electron chi connectivity index (χ0n) is 24.1. The fourth-order valence-electron chi connectivity index (χ4n) is 5.05. The average molecular weight is 552 g/mol. The molecule has 8 nitrogen and oxygen atoms in total. The third-order valence-electron chi connectivity index (χ3n) is 6.88. The van der Waals surface area contributed by atoms with Gasteiger partial charge >= 0.3 is 6.09 Å². The third-order valence-corrected chi connectivity index (χ3v) is 6.88. The molecule has 1 aliphatic rings. The van der Waals surface area contributed by atoms with Crippen LogP contribution in [0.1, 0.15) is 48.8 Å². The second-order valence-electron chi connectivity index (χ2n) is 11.6. The lowest BCUT2D eigenvalue weighted by molar-refractivity contribution is 0.0505. The highest BCUT2D eigenvalue weighted by Gasteiger charge is 2.26. The molecule has 5 rings (SSSR count). The summed E-state index contributed by atoms with van der Waals surface area (Å²) in [6.07, 6.45) is 4.20. The number of amides is 2. The van der Waals surface area contributed by atoms with Gasteiger partial charge in [0.1, 0.15) is 5.60 Å².